The van der Waals surface area contributed by atoms with Crippen LogP contribution in [0.3, 0.4) is 0 Å². The lowest BCUT2D eigenvalue weighted by molar-refractivity contribution is 0.0698. The predicted molar refractivity (Wildman–Crippen MR) is 71.9 cm³/mol. The quantitative estimate of drug-likeness (QED) is 0.700. The summed E-state index contributed by atoms with van der Waals surface area (Å²) in [4.78, 5) is 22.5. The van der Waals surface area contributed by atoms with Crippen molar-refractivity contribution < 1.29 is 19.4 Å². The second-order valence-electron chi connectivity index (χ2n) is 3.57. The minimum atomic E-state index is -1.14. The number of ether oxygens (including phenoxy) is 1. The Bertz CT molecular complexity index is 465. The van der Waals surface area contributed by atoms with Gasteiger partial charge in [0.1, 0.15) is 0 Å². The number of carbonyl (C=O) groups is 2. The van der Waals surface area contributed by atoms with Crippen LogP contribution in [0.2, 0.25) is 5.02 Å². The van der Waals surface area contributed by atoms with Gasteiger partial charge in [0.25, 0.3) is 0 Å². The smallest absolute Gasteiger partial charge is 0.337 e. The highest BCUT2D eigenvalue weighted by Gasteiger charge is 2.12. The van der Waals surface area contributed by atoms with Crippen LogP contribution in [0.25, 0.3) is 0 Å². The van der Waals surface area contributed by atoms with E-state index in [1.54, 1.807) is 0 Å². The number of hydrogen-bond acceptors (Lipinski definition) is 3. The molecule has 1 aromatic rings. The molecule has 0 spiro atoms. The van der Waals surface area contributed by atoms with Gasteiger partial charge in [-0.3, -0.25) is 0 Å². The summed E-state index contributed by atoms with van der Waals surface area (Å²) in [5.41, 5.74) is 0.123. The Morgan fingerprint density at radius 2 is 2.16 bits per heavy atom. The van der Waals surface area contributed by atoms with Gasteiger partial charge < -0.3 is 20.5 Å². The minimum Gasteiger partial charge on any atom is -0.478 e. The number of urea groups is 1. The summed E-state index contributed by atoms with van der Waals surface area (Å²) in [7, 11) is 0. The molecule has 0 unspecified atom stereocenters. The van der Waals surface area contributed by atoms with Crippen LogP contribution >= 0.6 is 11.6 Å². The number of carboxylic acids is 1. The number of halogens is 1. The molecule has 0 aliphatic rings. The Morgan fingerprint density at radius 3 is 2.79 bits per heavy atom. The third-order valence-corrected chi connectivity index (χ3v) is 2.43. The maximum Gasteiger partial charge on any atom is 0.337 e. The molecular weight excluding hydrogens is 272 g/mol. The summed E-state index contributed by atoms with van der Waals surface area (Å²) >= 11 is 5.77. The molecule has 0 saturated carbocycles. The van der Waals surface area contributed by atoms with Crippen molar-refractivity contribution in [2.75, 3.05) is 25.1 Å². The van der Waals surface area contributed by atoms with E-state index in [1.165, 1.54) is 18.2 Å². The highest BCUT2D eigenvalue weighted by Crippen LogP contribution is 2.20. The standard InChI is InChI=1S/C12H15ClN2O4/c1-2-19-6-5-14-12(18)15-10-7-8(13)3-4-9(10)11(16)17/h3-4,7H,2,5-6H2,1H3,(H,16,17)(H2,14,15,18). The summed E-state index contributed by atoms with van der Waals surface area (Å²) < 4.78 is 5.06. The summed E-state index contributed by atoms with van der Waals surface area (Å²) in [5.74, 6) is -1.14. The lowest BCUT2D eigenvalue weighted by atomic mass is 10.2. The second kappa shape index (κ2) is 7.60. The van der Waals surface area contributed by atoms with Crippen LogP contribution in [0.4, 0.5) is 10.5 Å². The molecular formula is C12H15ClN2O4. The molecule has 0 atom stereocenters. The van der Waals surface area contributed by atoms with Crippen LogP contribution in [-0.2, 0) is 4.74 Å². The summed E-state index contributed by atoms with van der Waals surface area (Å²) in [6.07, 6.45) is 0. The molecule has 6 nitrogen and oxygen atoms in total. The average molecular weight is 287 g/mol. The highest BCUT2D eigenvalue weighted by atomic mass is 35.5. The van der Waals surface area contributed by atoms with Crippen LogP contribution in [-0.4, -0.2) is 36.9 Å². The lowest BCUT2D eigenvalue weighted by Gasteiger charge is -2.10. The zero-order valence-corrected chi connectivity index (χ0v) is 11.2. The molecule has 0 aliphatic heterocycles. The summed E-state index contributed by atoms with van der Waals surface area (Å²) in [6, 6.07) is 3.65. The summed E-state index contributed by atoms with van der Waals surface area (Å²) in [5, 5.41) is 14.3. The first-order valence-corrected chi connectivity index (χ1v) is 6.07. The first kappa shape index (κ1) is 15.3. The molecule has 0 aromatic heterocycles. The third kappa shape index (κ3) is 5.15. The maximum absolute atomic E-state index is 11.5. The molecule has 3 N–H and O–H groups in total. The van der Waals surface area contributed by atoms with E-state index in [2.05, 4.69) is 10.6 Å². The van der Waals surface area contributed by atoms with Crippen molar-refractivity contribution in [2.24, 2.45) is 0 Å². The largest absolute Gasteiger partial charge is 0.478 e. The molecule has 0 aliphatic carbocycles. The van der Waals surface area contributed by atoms with Crippen LogP contribution < -0.4 is 10.6 Å². The van der Waals surface area contributed by atoms with Gasteiger partial charge in [-0.15, -0.1) is 0 Å². The molecule has 1 aromatic carbocycles. The number of rotatable bonds is 6. The van der Waals surface area contributed by atoms with Gasteiger partial charge in [0.15, 0.2) is 0 Å². The number of carboxylic acid groups (broad SMARTS) is 1. The molecule has 19 heavy (non-hydrogen) atoms. The fourth-order valence-corrected chi connectivity index (χ4v) is 1.53. The SMILES string of the molecule is CCOCCNC(=O)Nc1cc(Cl)ccc1C(=O)O. The molecule has 1 rings (SSSR count). The van der Waals surface area contributed by atoms with Crippen molar-refractivity contribution in [1.82, 2.24) is 5.32 Å². The fraction of sp³-hybridized carbons (Fsp3) is 0.333. The van der Waals surface area contributed by atoms with Gasteiger partial charge in [-0.05, 0) is 25.1 Å². The Kier molecular flexibility index (Phi) is 6.11. The molecule has 0 bridgehead atoms. The Labute approximate surface area is 115 Å². The molecule has 0 saturated heterocycles. The van der Waals surface area contributed by atoms with Crippen LogP contribution in [0.1, 0.15) is 17.3 Å². The molecule has 2 amide bonds. The van der Waals surface area contributed by atoms with Gasteiger partial charge in [-0.2, -0.15) is 0 Å². The molecule has 0 heterocycles. The number of anilines is 1. The Balaban J connectivity index is 2.62. The number of benzene rings is 1. The highest BCUT2D eigenvalue weighted by molar-refractivity contribution is 6.31. The fourth-order valence-electron chi connectivity index (χ4n) is 1.35. The minimum absolute atomic E-state index is 0.0237. The Morgan fingerprint density at radius 1 is 1.42 bits per heavy atom. The average Bonchev–Trinajstić information content (AvgIpc) is 2.34. The first-order chi connectivity index (χ1) is 9.04. The van der Waals surface area contributed by atoms with Crippen molar-refractivity contribution in [3.63, 3.8) is 0 Å². The van der Waals surface area contributed by atoms with Gasteiger partial charge in [0.05, 0.1) is 17.9 Å². The van der Waals surface area contributed by atoms with Crippen LogP contribution in [0, 0.1) is 0 Å². The van der Waals surface area contributed by atoms with Crippen LogP contribution in [0.5, 0.6) is 0 Å². The van der Waals surface area contributed by atoms with E-state index in [1.807, 2.05) is 6.92 Å². The molecule has 0 fully saturated rings. The molecule has 7 heteroatoms. The summed E-state index contributed by atoms with van der Waals surface area (Å²) in [6.45, 7) is 3.15. The number of nitrogens with one attached hydrogen (secondary N) is 2. The van der Waals surface area contributed by atoms with E-state index >= 15 is 0 Å². The maximum atomic E-state index is 11.5. The zero-order chi connectivity index (χ0) is 14.3. The van der Waals surface area contributed by atoms with Crippen molar-refractivity contribution >= 4 is 29.3 Å². The van der Waals surface area contributed by atoms with Gasteiger partial charge in [-0.25, -0.2) is 9.59 Å². The molecule has 0 radical (unpaired) electrons. The first-order valence-electron chi connectivity index (χ1n) is 5.70. The number of amides is 2. The zero-order valence-electron chi connectivity index (χ0n) is 10.4. The third-order valence-electron chi connectivity index (χ3n) is 2.20. The number of carbonyl (C=O) groups excluding carboxylic acids is 1. The van der Waals surface area contributed by atoms with Gasteiger partial charge in [-0.1, -0.05) is 11.6 Å². The van der Waals surface area contributed by atoms with Crippen molar-refractivity contribution in [3.05, 3.63) is 28.8 Å². The van der Waals surface area contributed by atoms with E-state index < -0.39 is 12.0 Å². The Hall–Kier alpha value is -1.79. The van der Waals surface area contributed by atoms with E-state index in [4.69, 9.17) is 21.4 Å². The molecule has 104 valence electrons. The van der Waals surface area contributed by atoms with Gasteiger partial charge in [0.2, 0.25) is 0 Å². The lowest BCUT2D eigenvalue weighted by Crippen LogP contribution is -2.32. The topological polar surface area (TPSA) is 87.7 Å². The van der Waals surface area contributed by atoms with E-state index in [9.17, 15) is 9.59 Å². The normalized spacial score (nSPS) is 10.0. The van der Waals surface area contributed by atoms with Gasteiger partial charge >= 0.3 is 12.0 Å². The monoisotopic (exact) mass is 286 g/mol. The number of hydrogen-bond donors (Lipinski definition) is 3. The van der Waals surface area contributed by atoms with Crippen molar-refractivity contribution in [2.45, 2.75) is 6.92 Å². The number of aromatic carboxylic acids is 1. The van der Waals surface area contributed by atoms with E-state index in [-0.39, 0.29) is 11.3 Å². The van der Waals surface area contributed by atoms with E-state index in [0.29, 0.717) is 24.8 Å². The van der Waals surface area contributed by atoms with Crippen molar-refractivity contribution in [1.29, 1.82) is 0 Å². The van der Waals surface area contributed by atoms with Crippen LogP contribution in [0.15, 0.2) is 18.2 Å². The van der Waals surface area contributed by atoms with E-state index in [0.717, 1.165) is 0 Å². The predicted octanol–water partition coefficient (Wildman–Crippen LogP) is 2.20. The second-order valence-corrected chi connectivity index (χ2v) is 4.01. The van der Waals surface area contributed by atoms with Crippen molar-refractivity contribution in [3.8, 4) is 0 Å². The van der Waals surface area contributed by atoms with Gasteiger partial charge in [0, 0.05) is 18.2 Å².